The topological polar surface area (TPSA) is 75.8 Å². The van der Waals surface area contributed by atoms with Gasteiger partial charge in [-0.05, 0) is 17.7 Å². The Morgan fingerprint density at radius 2 is 1.96 bits per heavy atom. The van der Waals surface area contributed by atoms with Gasteiger partial charge >= 0.3 is 0 Å². The first-order valence-electron chi connectivity index (χ1n) is 7.17. The van der Waals surface area contributed by atoms with Crippen LogP contribution in [0.4, 0.5) is 10.1 Å². The molecule has 3 N–H and O–H groups in total. The van der Waals surface area contributed by atoms with Crippen molar-refractivity contribution in [1.82, 2.24) is 0 Å². The minimum absolute atomic E-state index is 0.138. The van der Waals surface area contributed by atoms with Crippen molar-refractivity contribution in [1.29, 1.82) is 0 Å². The van der Waals surface area contributed by atoms with Crippen LogP contribution in [-0.2, 0) is 15.1 Å². The van der Waals surface area contributed by atoms with Gasteiger partial charge in [-0.2, -0.15) is 0 Å². The Kier molecular flexibility index (Phi) is 3.89. The van der Waals surface area contributed by atoms with Crippen LogP contribution >= 0.6 is 0 Å². The van der Waals surface area contributed by atoms with E-state index in [2.05, 4.69) is 0 Å². The molecule has 2 atom stereocenters. The number of carbonyl (C=O) groups is 1. The summed E-state index contributed by atoms with van der Waals surface area (Å²) in [5, 5.41) is 9.49. The fourth-order valence-electron chi connectivity index (χ4n) is 3.11. The van der Waals surface area contributed by atoms with Crippen molar-refractivity contribution in [2.24, 2.45) is 5.73 Å². The Morgan fingerprint density at radius 1 is 1.26 bits per heavy atom. The Hall–Kier alpha value is -2.28. The van der Waals surface area contributed by atoms with Crippen LogP contribution in [0.2, 0.25) is 0 Å². The number of fused-ring (bicyclic) bond motifs is 1. The van der Waals surface area contributed by atoms with Crippen LogP contribution in [0.5, 0.6) is 0 Å². The van der Waals surface area contributed by atoms with Gasteiger partial charge in [0.2, 0.25) is 5.60 Å². The molecule has 1 amide bonds. The van der Waals surface area contributed by atoms with Crippen molar-refractivity contribution in [3.63, 3.8) is 0 Å². The number of nitrogens with zero attached hydrogens (tertiary/aromatic N) is 1. The molecule has 0 fully saturated rings. The second-order valence-electron chi connectivity index (χ2n) is 5.37. The zero-order valence-corrected chi connectivity index (χ0v) is 12.6. The number of ether oxygens (including phenoxy) is 1. The number of aliphatic hydroxyl groups excluding tert-OH is 1. The third-order valence-electron chi connectivity index (χ3n) is 4.04. The number of hydrogen-bond donors (Lipinski definition) is 2. The average Bonchev–Trinajstić information content (AvgIpc) is 2.79. The monoisotopic (exact) mass is 316 g/mol. The molecule has 2 aromatic carbocycles. The Morgan fingerprint density at radius 3 is 2.57 bits per heavy atom. The van der Waals surface area contributed by atoms with E-state index in [1.807, 2.05) is 0 Å². The van der Waals surface area contributed by atoms with Crippen molar-refractivity contribution in [2.45, 2.75) is 11.8 Å². The van der Waals surface area contributed by atoms with Crippen molar-refractivity contribution < 1.29 is 19.0 Å². The minimum Gasteiger partial charge on any atom is -0.377 e. The predicted octanol–water partition coefficient (Wildman–Crippen LogP) is 1.34. The van der Waals surface area contributed by atoms with Gasteiger partial charge in [-0.25, -0.2) is 4.39 Å². The molecule has 23 heavy (non-hydrogen) atoms. The normalized spacial score (nSPS) is 21.4. The molecule has 0 saturated carbocycles. The number of rotatable bonds is 4. The fraction of sp³-hybridized carbons (Fsp3) is 0.235. The number of carbonyl (C=O) groups excluding carboxylic acids is 1. The third-order valence-corrected chi connectivity index (χ3v) is 4.04. The Labute approximate surface area is 133 Å². The van der Waals surface area contributed by atoms with E-state index in [0.29, 0.717) is 11.3 Å². The Balaban J connectivity index is 2.28. The van der Waals surface area contributed by atoms with Gasteiger partial charge in [0.05, 0.1) is 17.8 Å². The highest BCUT2D eigenvalue weighted by molar-refractivity contribution is 6.09. The number of amides is 1. The summed E-state index contributed by atoms with van der Waals surface area (Å²) < 4.78 is 20.2. The maximum atomic E-state index is 14.6. The maximum Gasteiger partial charge on any atom is 0.268 e. The summed E-state index contributed by atoms with van der Waals surface area (Å²) in [4.78, 5) is 14.3. The van der Waals surface area contributed by atoms with Crippen LogP contribution in [0.25, 0.3) is 0 Å². The lowest BCUT2D eigenvalue weighted by atomic mass is 9.87. The van der Waals surface area contributed by atoms with Gasteiger partial charge in [-0.1, -0.05) is 36.4 Å². The highest BCUT2D eigenvalue weighted by Gasteiger charge is 2.54. The molecule has 120 valence electrons. The molecular formula is C17H17FN2O3. The molecule has 0 bridgehead atoms. The van der Waals surface area contributed by atoms with Crippen molar-refractivity contribution in [3.05, 3.63) is 65.5 Å². The summed E-state index contributed by atoms with van der Waals surface area (Å²) in [6, 6.07) is 13.1. The first-order chi connectivity index (χ1) is 11.0. The summed E-state index contributed by atoms with van der Waals surface area (Å²) in [7, 11) is 1.36. The molecule has 0 saturated heterocycles. The lowest BCUT2D eigenvalue weighted by Gasteiger charge is -2.28. The van der Waals surface area contributed by atoms with Gasteiger partial charge < -0.3 is 20.5 Å². The number of hydrogen-bond acceptors (Lipinski definition) is 4. The quantitative estimate of drug-likeness (QED) is 0.835. The van der Waals surface area contributed by atoms with Gasteiger partial charge in [-0.3, -0.25) is 4.79 Å². The highest BCUT2D eigenvalue weighted by atomic mass is 19.1. The molecule has 1 aliphatic heterocycles. The molecule has 1 aliphatic rings. The first-order valence-corrected chi connectivity index (χ1v) is 7.17. The van der Waals surface area contributed by atoms with Crippen LogP contribution in [-0.4, -0.2) is 30.9 Å². The number of β-amino-alcohol motifs (C(OH)–C–C–N with tert-alkyl or cyclic N) is 1. The predicted molar refractivity (Wildman–Crippen MR) is 83.2 cm³/mol. The van der Waals surface area contributed by atoms with Gasteiger partial charge in [0.15, 0.2) is 0 Å². The van der Waals surface area contributed by atoms with E-state index in [0.717, 1.165) is 0 Å². The lowest BCUT2D eigenvalue weighted by Crippen LogP contribution is -2.46. The summed E-state index contributed by atoms with van der Waals surface area (Å²) in [6.45, 7) is -0.146. The van der Waals surface area contributed by atoms with E-state index < -0.39 is 23.6 Å². The molecule has 5 nitrogen and oxygen atoms in total. The number of anilines is 1. The fourth-order valence-corrected chi connectivity index (χ4v) is 3.11. The summed E-state index contributed by atoms with van der Waals surface area (Å²) in [5.41, 5.74) is 4.85. The second-order valence-corrected chi connectivity index (χ2v) is 5.37. The molecule has 0 aromatic heterocycles. The molecular weight excluding hydrogens is 299 g/mol. The number of benzene rings is 2. The standard InChI is InChI=1S/C17H17FN2O3/c1-23-17(11-6-3-2-4-7-11)15-12(18)8-5-9-13(15)20(16(17)22)10-14(19)21/h2-9,14,21H,10,19H2,1H3/t14?,17-/m0/s1. The number of aliphatic hydroxyl groups is 1. The number of nitrogens with two attached hydrogens (primary N) is 1. The summed E-state index contributed by atoms with van der Waals surface area (Å²) in [5.74, 6) is -1.02. The van der Waals surface area contributed by atoms with E-state index in [4.69, 9.17) is 10.5 Å². The first kappa shape index (κ1) is 15.6. The summed E-state index contributed by atoms with van der Waals surface area (Å²) >= 11 is 0. The van der Waals surface area contributed by atoms with Crippen LogP contribution < -0.4 is 10.6 Å². The van der Waals surface area contributed by atoms with E-state index in [-0.39, 0.29) is 12.1 Å². The molecule has 0 aliphatic carbocycles. The number of methoxy groups -OCH3 is 1. The highest BCUT2D eigenvalue weighted by Crippen LogP contribution is 2.47. The zero-order valence-electron chi connectivity index (χ0n) is 12.6. The van der Waals surface area contributed by atoms with Gasteiger partial charge in [0.25, 0.3) is 5.91 Å². The smallest absolute Gasteiger partial charge is 0.268 e. The van der Waals surface area contributed by atoms with Crippen molar-refractivity contribution >= 4 is 11.6 Å². The molecule has 0 spiro atoms. The second kappa shape index (κ2) is 5.73. The van der Waals surface area contributed by atoms with Crippen molar-refractivity contribution in [2.75, 3.05) is 18.6 Å². The average molecular weight is 316 g/mol. The van der Waals surface area contributed by atoms with Crippen LogP contribution in [0.3, 0.4) is 0 Å². The van der Waals surface area contributed by atoms with E-state index in [1.54, 1.807) is 36.4 Å². The van der Waals surface area contributed by atoms with E-state index >= 15 is 0 Å². The van der Waals surface area contributed by atoms with Crippen LogP contribution in [0, 0.1) is 5.82 Å². The molecule has 6 heteroatoms. The molecule has 0 radical (unpaired) electrons. The largest absolute Gasteiger partial charge is 0.377 e. The van der Waals surface area contributed by atoms with E-state index in [9.17, 15) is 14.3 Å². The van der Waals surface area contributed by atoms with Gasteiger partial charge in [-0.15, -0.1) is 0 Å². The van der Waals surface area contributed by atoms with Crippen LogP contribution in [0.1, 0.15) is 11.1 Å². The molecule has 1 unspecified atom stereocenters. The van der Waals surface area contributed by atoms with E-state index in [1.165, 1.54) is 24.1 Å². The molecule has 2 aromatic rings. The van der Waals surface area contributed by atoms with Gasteiger partial charge in [0.1, 0.15) is 12.0 Å². The lowest BCUT2D eigenvalue weighted by molar-refractivity contribution is -0.135. The van der Waals surface area contributed by atoms with Crippen LogP contribution in [0.15, 0.2) is 48.5 Å². The van der Waals surface area contributed by atoms with Gasteiger partial charge in [0, 0.05) is 7.11 Å². The SMILES string of the molecule is CO[C@]1(c2ccccc2)C(=O)N(CC(N)O)c2cccc(F)c21. The third kappa shape index (κ3) is 2.23. The Bertz CT molecular complexity index is 736. The summed E-state index contributed by atoms with van der Waals surface area (Å²) in [6.07, 6.45) is -1.24. The minimum atomic E-state index is -1.59. The maximum absolute atomic E-state index is 14.6. The zero-order chi connectivity index (χ0) is 16.6. The van der Waals surface area contributed by atoms with Crippen molar-refractivity contribution in [3.8, 4) is 0 Å². The molecule has 1 heterocycles. The molecule has 3 rings (SSSR count). The number of halogens is 1.